The van der Waals surface area contributed by atoms with E-state index in [0.717, 1.165) is 10.0 Å². The molecule has 1 N–H and O–H groups in total. The van der Waals surface area contributed by atoms with Crippen LogP contribution in [-0.4, -0.2) is 23.3 Å². The van der Waals surface area contributed by atoms with Gasteiger partial charge in [-0.05, 0) is 43.0 Å². The number of phenolic OH excluding ortho intramolecular Hbond substituents is 1. The number of nitrogens with zero attached hydrogens (tertiary/aromatic N) is 1. The minimum absolute atomic E-state index is 0.105. The van der Waals surface area contributed by atoms with Gasteiger partial charge in [0.2, 0.25) is 0 Å². The molecular formula is C19H17BrNO3-. The second-order valence-corrected chi connectivity index (χ2v) is 7.03. The van der Waals surface area contributed by atoms with E-state index in [1.807, 2.05) is 36.4 Å². The van der Waals surface area contributed by atoms with Gasteiger partial charge in [-0.1, -0.05) is 46.3 Å². The Morgan fingerprint density at radius 3 is 2.71 bits per heavy atom. The zero-order valence-electron chi connectivity index (χ0n) is 13.0. The molecule has 4 nitrogen and oxygen atoms in total. The lowest BCUT2D eigenvalue weighted by Gasteiger charge is -2.30. The lowest BCUT2D eigenvalue weighted by Crippen LogP contribution is -2.44. The third kappa shape index (κ3) is 3.22. The van der Waals surface area contributed by atoms with Gasteiger partial charge in [-0.3, -0.25) is 4.99 Å². The summed E-state index contributed by atoms with van der Waals surface area (Å²) in [6.45, 7) is 0. The molecule has 0 aromatic heterocycles. The summed E-state index contributed by atoms with van der Waals surface area (Å²) in [6, 6.07) is 14.3. The Kier molecular flexibility index (Phi) is 4.71. The predicted molar refractivity (Wildman–Crippen MR) is 94.2 cm³/mol. The van der Waals surface area contributed by atoms with Gasteiger partial charge in [0.1, 0.15) is 5.75 Å². The monoisotopic (exact) mass is 386 g/mol. The molecule has 0 bridgehead atoms. The van der Waals surface area contributed by atoms with Crippen LogP contribution in [0.3, 0.4) is 0 Å². The van der Waals surface area contributed by atoms with Crippen LogP contribution in [0.1, 0.15) is 30.4 Å². The van der Waals surface area contributed by atoms with Crippen LogP contribution in [0.4, 0.5) is 0 Å². The number of hydrogen-bond acceptors (Lipinski definition) is 4. The highest BCUT2D eigenvalue weighted by atomic mass is 79.9. The van der Waals surface area contributed by atoms with Crippen molar-refractivity contribution in [3.05, 3.63) is 64.1 Å². The fourth-order valence-electron chi connectivity index (χ4n) is 3.28. The molecule has 0 amide bonds. The average Bonchev–Trinajstić information content (AvgIpc) is 3.01. The summed E-state index contributed by atoms with van der Waals surface area (Å²) < 4.78 is 0.790. The van der Waals surface area contributed by atoms with E-state index in [9.17, 15) is 15.0 Å². The van der Waals surface area contributed by atoms with Crippen molar-refractivity contribution >= 4 is 28.1 Å². The van der Waals surface area contributed by atoms with Crippen molar-refractivity contribution in [2.24, 2.45) is 4.99 Å². The molecule has 1 aliphatic rings. The number of halogens is 1. The highest BCUT2D eigenvalue weighted by molar-refractivity contribution is 9.10. The van der Waals surface area contributed by atoms with Gasteiger partial charge < -0.3 is 15.0 Å². The highest BCUT2D eigenvalue weighted by Gasteiger charge is 2.41. The normalized spacial score (nSPS) is 23.6. The third-order valence-corrected chi connectivity index (χ3v) is 5.12. The molecule has 1 saturated carbocycles. The van der Waals surface area contributed by atoms with Crippen LogP contribution in [-0.2, 0) is 10.2 Å². The van der Waals surface area contributed by atoms with Gasteiger partial charge in [0.25, 0.3) is 0 Å². The first kappa shape index (κ1) is 16.7. The summed E-state index contributed by atoms with van der Waals surface area (Å²) in [5, 5.41) is 21.7. The number of carbonyl (C=O) groups excluding carboxylic acids is 1. The van der Waals surface area contributed by atoms with Crippen molar-refractivity contribution in [1.29, 1.82) is 0 Å². The fraction of sp³-hybridized carbons (Fsp3) is 0.263. The highest BCUT2D eigenvalue weighted by Crippen LogP contribution is 2.42. The van der Waals surface area contributed by atoms with Crippen LogP contribution in [0.15, 0.2) is 58.0 Å². The number of rotatable bonds is 4. The summed E-state index contributed by atoms with van der Waals surface area (Å²) in [6.07, 6.45) is 3.21. The number of aliphatic carboxylic acids is 1. The average molecular weight is 387 g/mol. The number of aliphatic imine (C=N–C) groups is 1. The molecule has 0 heterocycles. The van der Waals surface area contributed by atoms with Crippen LogP contribution in [0, 0.1) is 0 Å². The molecule has 2 aromatic rings. The molecule has 0 aliphatic heterocycles. The molecule has 2 atom stereocenters. The van der Waals surface area contributed by atoms with Crippen molar-refractivity contribution in [1.82, 2.24) is 0 Å². The number of carboxylic acids is 1. The molecule has 1 aliphatic carbocycles. The van der Waals surface area contributed by atoms with Crippen LogP contribution in [0.25, 0.3) is 0 Å². The Hall–Kier alpha value is -2.14. The van der Waals surface area contributed by atoms with E-state index in [0.29, 0.717) is 24.8 Å². The quantitative estimate of drug-likeness (QED) is 0.821. The maximum absolute atomic E-state index is 11.8. The molecule has 3 rings (SSSR count). The first-order valence-electron chi connectivity index (χ1n) is 7.80. The smallest absolute Gasteiger partial charge is 0.125 e. The number of hydrogen-bond donors (Lipinski definition) is 1. The molecule has 2 aromatic carbocycles. The molecule has 0 spiro atoms. The summed E-state index contributed by atoms with van der Waals surface area (Å²) in [4.78, 5) is 16.3. The van der Waals surface area contributed by atoms with Crippen LogP contribution in [0.5, 0.6) is 5.75 Å². The number of benzene rings is 2. The SMILES string of the molecule is O=C([O-])[C@@]1(c2ccccc2)CC[C@H](N=Cc2ccc(Br)cc2O)C1. The maximum Gasteiger partial charge on any atom is 0.125 e. The van der Waals surface area contributed by atoms with E-state index in [1.165, 1.54) is 0 Å². The topological polar surface area (TPSA) is 72.7 Å². The zero-order valence-corrected chi connectivity index (χ0v) is 14.6. The summed E-state index contributed by atoms with van der Waals surface area (Å²) in [5.74, 6) is -0.904. The Morgan fingerprint density at radius 1 is 1.29 bits per heavy atom. The Labute approximate surface area is 149 Å². The first-order chi connectivity index (χ1) is 11.5. The largest absolute Gasteiger partial charge is 0.549 e. The van der Waals surface area contributed by atoms with E-state index in [4.69, 9.17) is 0 Å². The van der Waals surface area contributed by atoms with E-state index in [1.54, 1.807) is 18.3 Å². The lowest BCUT2D eigenvalue weighted by atomic mass is 9.79. The Balaban J connectivity index is 1.81. The van der Waals surface area contributed by atoms with Gasteiger partial charge in [0.15, 0.2) is 0 Å². The predicted octanol–water partition coefficient (Wildman–Crippen LogP) is 2.81. The van der Waals surface area contributed by atoms with Gasteiger partial charge in [0, 0.05) is 21.7 Å². The van der Waals surface area contributed by atoms with Crippen molar-refractivity contribution < 1.29 is 15.0 Å². The van der Waals surface area contributed by atoms with E-state index < -0.39 is 11.4 Å². The number of phenols is 1. The molecule has 124 valence electrons. The van der Waals surface area contributed by atoms with Crippen molar-refractivity contribution in [2.45, 2.75) is 30.7 Å². The summed E-state index contributed by atoms with van der Waals surface area (Å²) >= 11 is 3.29. The van der Waals surface area contributed by atoms with E-state index in [-0.39, 0.29) is 11.8 Å². The minimum Gasteiger partial charge on any atom is -0.549 e. The summed E-state index contributed by atoms with van der Waals surface area (Å²) in [7, 11) is 0. The van der Waals surface area contributed by atoms with Gasteiger partial charge in [0.05, 0.1) is 12.0 Å². The number of carbonyl (C=O) groups is 1. The van der Waals surface area contributed by atoms with E-state index >= 15 is 0 Å². The second-order valence-electron chi connectivity index (χ2n) is 6.11. The van der Waals surface area contributed by atoms with Crippen LogP contribution in [0.2, 0.25) is 0 Å². The third-order valence-electron chi connectivity index (χ3n) is 4.62. The minimum atomic E-state index is -1.04. The molecular weight excluding hydrogens is 370 g/mol. The fourth-order valence-corrected chi connectivity index (χ4v) is 3.63. The van der Waals surface area contributed by atoms with Crippen molar-refractivity contribution in [2.75, 3.05) is 0 Å². The van der Waals surface area contributed by atoms with Crippen molar-refractivity contribution in [3.63, 3.8) is 0 Å². The molecule has 5 heteroatoms. The second kappa shape index (κ2) is 6.77. The molecule has 24 heavy (non-hydrogen) atoms. The molecule has 0 unspecified atom stereocenters. The molecule has 1 fully saturated rings. The van der Waals surface area contributed by atoms with E-state index in [2.05, 4.69) is 20.9 Å². The van der Waals surface area contributed by atoms with Gasteiger partial charge >= 0.3 is 0 Å². The van der Waals surface area contributed by atoms with Crippen LogP contribution < -0.4 is 5.11 Å². The molecule has 0 saturated heterocycles. The van der Waals surface area contributed by atoms with Gasteiger partial charge in [-0.15, -0.1) is 0 Å². The first-order valence-corrected chi connectivity index (χ1v) is 8.59. The lowest BCUT2D eigenvalue weighted by molar-refractivity contribution is -0.313. The number of carboxylic acid groups (broad SMARTS) is 1. The zero-order chi connectivity index (χ0) is 17.2. The van der Waals surface area contributed by atoms with Gasteiger partial charge in [-0.25, -0.2) is 0 Å². The number of aromatic hydroxyl groups is 1. The van der Waals surface area contributed by atoms with Gasteiger partial charge in [-0.2, -0.15) is 0 Å². The van der Waals surface area contributed by atoms with Crippen molar-refractivity contribution in [3.8, 4) is 5.75 Å². The standard InChI is InChI=1S/C19H18BrNO3/c20-15-7-6-13(17(22)10-15)12-21-16-8-9-19(11-16,18(23)24)14-4-2-1-3-5-14/h1-7,10,12,16,22H,8-9,11H2,(H,23,24)/p-1/t16-,19-/m0/s1. The summed E-state index contributed by atoms with van der Waals surface area (Å²) in [5.41, 5.74) is 0.406. The Bertz CT molecular complexity index is 775. The Morgan fingerprint density at radius 2 is 2.04 bits per heavy atom. The molecule has 0 radical (unpaired) electrons. The maximum atomic E-state index is 11.8. The van der Waals surface area contributed by atoms with Crippen LogP contribution >= 0.6 is 15.9 Å².